The van der Waals surface area contributed by atoms with Crippen molar-refractivity contribution in [3.63, 3.8) is 0 Å². The molecule has 1 aromatic carbocycles. The average molecular weight is 340 g/mol. The van der Waals surface area contributed by atoms with E-state index in [0.29, 0.717) is 11.9 Å². The molecule has 0 radical (unpaired) electrons. The normalized spacial score (nSPS) is 20.5. The molecule has 0 aliphatic carbocycles. The van der Waals surface area contributed by atoms with E-state index in [2.05, 4.69) is 33.9 Å². The summed E-state index contributed by atoms with van der Waals surface area (Å²) in [5, 5.41) is 0. The topological polar surface area (TPSA) is 73.5 Å². The van der Waals surface area contributed by atoms with Crippen molar-refractivity contribution in [2.45, 2.75) is 31.8 Å². The Morgan fingerprint density at radius 2 is 2.12 bits per heavy atom. The number of para-hydroxylation sites is 1. The first-order valence-electron chi connectivity index (χ1n) is 8.94. The van der Waals surface area contributed by atoms with E-state index in [4.69, 9.17) is 15.2 Å². The van der Waals surface area contributed by atoms with Gasteiger partial charge in [-0.15, -0.1) is 0 Å². The molecule has 132 valence electrons. The molecule has 1 unspecified atom stereocenters. The fourth-order valence-electron chi connectivity index (χ4n) is 3.40. The number of nitrogen functional groups attached to an aromatic ring is 1. The second-order valence-corrected chi connectivity index (χ2v) is 6.68. The minimum Gasteiger partial charge on any atom is -0.486 e. The van der Waals surface area contributed by atoms with E-state index < -0.39 is 0 Å². The van der Waals surface area contributed by atoms with Crippen LogP contribution in [0.1, 0.15) is 30.5 Å². The number of nitrogens with two attached hydrogens (primary N) is 1. The lowest BCUT2D eigenvalue weighted by atomic mass is 10.0. The standard InChI is InChI=1S/C19H24N4O2/c1-2-13-5-3-4-6-17(13)25-15-10-23(11-15)18-9-16(21-19(20)22-18)14-7-8-24-12-14/h3-6,9,14-15H,2,7-8,10-12H2,1H3,(H2,20,21,22). The maximum atomic E-state index is 6.15. The minimum atomic E-state index is 0.183. The van der Waals surface area contributed by atoms with E-state index in [1.807, 2.05) is 18.2 Å². The summed E-state index contributed by atoms with van der Waals surface area (Å²) in [6.07, 6.45) is 2.15. The molecular formula is C19H24N4O2. The van der Waals surface area contributed by atoms with Gasteiger partial charge in [0.05, 0.1) is 25.4 Å². The summed E-state index contributed by atoms with van der Waals surface area (Å²) in [6, 6.07) is 10.3. The summed E-state index contributed by atoms with van der Waals surface area (Å²) >= 11 is 0. The molecule has 1 aromatic heterocycles. The van der Waals surface area contributed by atoms with Gasteiger partial charge in [0.2, 0.25) is 5.95 Å². The number of nitrogens with zero attached hydrogens (tertiary/aromatic N) is 3. The second kappa shape index (κ2) is 6.88. The molecule has 2 saturated heterocycles. The monoisotopic (exact) mass is 340 g/mol. The molecule has 2 aliphatic rings. The molecule has 1 atom stereocenters. The molecule has 0 spiro atoms. The van der Waals surface area contributed by atoms with Crippen LogP contribution in [0, 0.1) is 0 Å². The lowest BCUT2D eigenvalue weighted by Gasteiger charge is -2.40. The van der Waals surface area contributed by atoms with Gasteiger partial charge in [0.15, 0.2) is 0 Å². The third-order valence-corrected chi connectivity index (χ3v) is 4.92. The van der Waals surface area contributed by atoms with Crippen molar-refractivity contribution in [1.82, 2.24) is 9.97 Å². The molecule has 4 rings (SSSR count). The first kappa shape index (κ1) is 16.1. The first-order chi connectivity index (χ1) is 12.2. The fourth-order valence-corrected chi connectivity index (χ4v) is 3.40. The molecule has 2 aromatic rings. The van der Waals surface area contributed by atoms with Gasteiger partial charge >= 0.3 is 0 Å². The maximum absolute atomic E-state index is 6.15. The number of ether oxygens (including phenoxy) is 2. The third kappa shape index (κ3) is 3.39. The quantitative estimate of drug-likeness (QED) is 0.901. The van der Waals surface area contributed by atoms with Crippen LogP contribution in [-0.4, -0.2) is 42.4 Å². The number of benzene rings is 1. The zero-order valence-electron chi connectivity index (χ0n) is 14.5. The Morgan fingerprint density at radius 1 is 1.28 bits per heavy atom. The number of rotatable bonds is 5. The Morgan fingerprint density at radius 3 is 2.88 bits per heavy atom. The van der Waals surface area contributed by atoms with E-state index in [1.54, 1.807) is 0 Å². The molecular weight excluding hydrogens is 316 g/mol. The average Bonchev–Trinajstić information content (AvgIpc) is 3.12. The highest BCUT2D eigenvalue weighted by molar-refractivity contribution is 5.47. The van der Waals surface area contributed by atoms with Gasteiger partial charge in [0.25, 0.3) is 0 Å². The summed E-state index contributed by atoms with van der Waals surface area (Å²) < 4.78 is 11.6. The van der Waals surface area contributed by atoms with Crippen LogP contribution in [0.25, 0.3) is 0 Å². The smallest absolute Gasteiger partial charge is 0.222 e. The summed E-state index contributed by atoms with van der Waals surface area (Å²) in [6.45, 7) is 5.28. The largest absolute Gasteiger partial charge is 0.486 e. The van der Waals surface area contributed by atoms with Crippen molar-refractivity contribution in [2.24, 2.45) is 0 Å². The number of aryl methyl sites for hydroxylation is 1. The third-order valence-electron chi connectivity index (χ3n) is 4.92. The van der Waals surface area contributed by atoms with E-state index in [0.717, 1.165) is 56.4 Å². The van der Waals surface area contributed by atoms with Crippen LogP contribution in [0.15, 0.2) is 30.3 Å². The van der Waals surface area contributed by atoms with Crippen LogP contribution >= 0.6 is 0 Å². The van der Waals surface area contributed by atoms with E-state index in [-0.39, 0.29) is 6.10 Å². The Balaban J connectivity index is 1.42. The van der Waals surface area contributed by atoms with Gasteiger partial charge in [-0.25, -0.2) is 4.98 Å². The Labute approximate surface area is 148 Å². The summed E-state index contributed by atoms with van der Waals surface area (Å²) in [5.74, 6) is 2.53. The highest BCUT2D eigenvalue weighted by Gasteiger charge is 2.31. The van der Waals surface area contributed by atoms with E-state index in [9.17, 15) is 0 Å². The van der Waals surface area contributed by atoms with Crippen LogP contribution in [0.2, 0.25) is 0 Å². The van der Waals surface area contributed by atoms with Gasteiger partial charge in [-0.3, -0.25) is 0 Å². The molecule has 3 heterocycles. The lowest BCUT2D eigenvalue weighted by molar-refractivity contribution is 0.165. The highest BCUT2D eigenvalue weighted by Crippen LogP contribution is 2.29. The van der Waals surface area contributed by atoms with E-state index in [1.165, 1.54) is 5.56 Å². The van der Waals surface area contributed by atoms with Crippen molar-refractivity contribution < 1.29 is 9.47 Å². The predicted molar refractivity (Wildman–Crippen MR) is 97.1 cm³/mol. The molecule has 0 bridgehead atoms. The number of anilines is 2. The molecule has 0 saturated carbocycles. The maximum Gasteiger partial charge on any atom is 0.222 e. The van der Waals surface area contributed by atoms with E-state index >= 15 is 0 Å². The van der Waals surface area contributed by atoms with Gasteiger partial charge in [-0.1, -0.05) is 25.1 Å². The van der Waals surface area contributed by atoms with Gasteiger partial charge in [-0.2, -0.15) is 4.98 Å². The van der Waals surface area contributed by atoms with Gasteiger partial charge < -0.3 is 20.1 Å². The first-order valence-corrected chi connectivity index (χ1v) is 8.94. The van der Waals surface area contributed by atoms with Crippen molar-refractivity contribution in [2.75, 3.05) is 36.9 Å². The molecule has 2 fully saturated rings. The summed E-state index contributed by atoms with van der Waals surface area (Å²) in [7, 11) is 0. The zero-order chi connectivity index (χ0) is 17.2. The van der Waals surface area contributed by atoms with Crippen LogP contribution in [0.4, 0.5) is 11.8 Å². The summed E-state index contributed by atoms with van der Waals surface area (Å²) in [4.78, 5) is 11.0. The van der Waals surface area contributed by atoms with Crippen molar-refractivity contribution >= 4 is 11.8 Å². The molecule has 0 amide bonds. The van der Waals surface area contributed by atoms with Crippen molar-refractivity contribution in [3.8, 4) is 5.75 Å². The Bertz CT molecular complexity index is 740. The molecule has 6 nitrogen and oxygen atoms in total. The number of aromatic nitrogens is 2. The van der Waals surface area contributed by atoms with Gasteiger partial charge in [-0.05, 0) is 24.5 Å². The molecule has 2 aliphatic heterocycles. The second-order valence-electron chi connectivity index (χ2n) is 6.68. The molecule has 6 heteroatoms. The van der Waals surface area contributed by atoms with Crippen molar-refractivity contribution in [3.05, 3.63) is 41.6 Å². The Kier molecular flexibility index (Phi) is 4.44. The van der Waals surface area contributed by atoms with Crippen LogP contribution in [-0.2, 0) is 11.2 Å². The van der Waals surface area contributed by atoms with Crippen LogP contribution in [0.3, 0.4) is 0 Å². The van der Waals surface area contributed by atoms with Gasteiger partial charge in [0.1, 0.15) is 17.7 Å². The molecule has 25 heavy (non-hydrogen) atoms. The summed E-state index contributed by atoms with van der Waals surface area (Å²) in [5.41, 5.74) is 8.15. The van der Waals surface area contributed by atoms with Crippen LogP contribution < -0.4 is 15.4 Å². The minimum absolute atomic E-state index is 0.183. The van der Waals surface area contributed by atoms with Gasteiger partial charge in [0, 0.05) is 18.6 Å². The zero-order valence-corrected chi connectivity index (χ0v) is 14.5. The predicted octanol–water partition coefficient (Wildman–Crippen LogP) is 2.39. The highest BCUT2D eigenvalue weighted by atomic mass is 16.5. The number of hydrogen-bond acceptors (Lipinski definition) is 6. The lowest BCUT2D eigenvalue weighted by Crippen LogP contribution is -2.54. The Hall–Kier alpha value is -2.34. The SMILES string of the molecule is CCc1ccccc1OC1CN(c2cc(C3CCOC3)nc(N)n2)C1. The van der Waals surface area contributed by atoms with Crippen LogP contribution in [0.5, 0.6) is 5.75 Å². The molecule has 2 N–H and O–H groups in total. The number of hydrogen-bond donors (Lipinski definition) is 1. The fraction of sp³-hybridized carbons (Fsp3) is 0.474. The van der Waals surface area contributed by atoms with Crippen molar-refractivity contribution in [1.29, 1.82) is 0 Å².